The summed E-state index contributed by atoms with van der Waals surface area (Å²) in [5.74, 6) is 1.09. The zero-order chi connectivity index (χ0) is 42.9. The van der Waals surface area contributed by atoms with Gasteiger partial charge in [0.05, 0.1) is 25.4 Å². The fraction of sp³-hybridized carbons (Fsp3) is 0.689. The van der Waals surface area contributed by atoms with Crippen LogP contribution in [0.25, 0.3) is 0 Å². The average molecular weight is 838 g/mol. The summed E-state index contributed by atoms with van der Waals surface area (Å²) in [6, 6.07) is 0. The highest BCUT2D eigenvalue weighted by molar-refractivity contribution is 7.47. The van der Waals surface area contributed by atoms with E-state index in [9.17, 15) is 29.3 Å². The number of hydrogen-bond acceptors (Lipinski definition) is 11. The predicted octanol–water partition coefficient (Wildman–Crippen LogP) is 9.54. The van der Waals surface area contributed by atoms with Crippen LogP contribution >= 0.6 is 7.82 Å². The van der Waals surface area contributed by atoms with Crippen molar-refractivity contribution in [3.8, 4) is 0 Å². The van der Waals surface area contributed by atoms with E-state index in [1.807, 2.05) is 18.2 Å². The molecule has 0 fully saturated rings. The van der Waals surface area contributed by atoms with Crippen molar-refractivity contribution < 1.29 is 52.2 Å². The van der Waals surface area contributed by atoms with Gasteiger partial charge in [-0.3, -0.25) is 18.6 Å². The largest absolute Gasteiger partial charge is 0.472 e. The molecule has 1 heterocycles. The number of aliphatic hydroxyl groups is 2. The number of allylic oxidation sites excluding steroid dienone is 7. The summed E-state index contributed by atoms with van der Waals surface area (Å²) in [6.07, 6.45) is 28.7. The minimum atomic E-state index is -4.48. The van der Waals surface area contributed by atoms with E-state index in [4.69, 9.17) is 28.7 Å². The van der Waals surface area contributed by atoms with E-state index >= 15 is 0 Å². The summed E-state index contributed by atoms with van der Waals surface area (Å²) < 4.78 is 38.8. The minimum Gasteiger partial charge on any atom is -0.466 e. The van der Waals surface area contributed by atoms with Crippen molar-refractivity contribution in [3.63, 3.8) is 0 Å². The summed E-state index contributed by atoms with van der Waals surface area (Å²) >= 11 is 0. The molecule has 0 saturated heterocycles. The van der Waals surface area contributed by atoms with Crippen molar-refractivity contribution in [2.24, 2.45) is 5.73 Å². The molecule has 4 atom stereocenters. The first-order valence-corrected chi connectivity index (χ1v) is 23.1. The normalized spacial score (nSPS) is 14.8. The molecule has 0 amide bonds. The van der Waals surface area contributed by atoms with Gasteiger partial charge in [0.2, 0.25) is 0 Å². The summed E-state index contributed by atoms with van der Waals surface area (Å²) in [5.41, 5.74) is 7.90. The zero-order valence-electron chi connectivity index (χ0n) is 36.0. The molecule has 12 nitrogen and oxygen atoms in total. The van der Waals surface area contributed by atoms with Crippen LogP contribution in [0.15, 0.2) is 53.0 Å². The summed E-state index contributed by atoms with van der Waals surface area (Å²) in [6.45, 7) is 7.48. The lowest BCUT2D eigenvalue weighted by Crippen LogP contribution is -2.30. The quantitative estimate of drug-likeness (QED) is 0.0217. The van der Waals surface area contributed by atoms with E-state index < -0.39 is 44.7 Å². The number of carbonyl (C=O) groups excluding carboxylic acids is 2. The van der Waals surface area contributed by atoms with Gasteiger partial charge in [-0.15, -0.1) is 0 Å². The van der Waals surface area contributed by atoms with Gasteiger partial charge in [0.15, 0.2) is 6.10 Å². The van der Waals surface area contributed by atoms with Crippen LogP contribution in [0, 0.1) is 13.8 Å². The Kier molecular flexibility index (Phi) is 31.1. The Morgan fingerprint density at radius 2 is 1.26 bits per heavy atom. The Morgan fingerprint density at radius 1 is 0.707 bits per heavy atom. The smallest absolute Gasteiger partial charge is 0.466 e. The van der Waals surface area contributed by atoms with Crippen LogP contribution < -0.4 is 5.73 Å². The monoisotopic (exact) mass is 838 g/mol. The van der Waals surface area contributed by atoms with Crippen LogP contribution in [0.3, 0.4) is 0 Å². The maximum absolute atomic E-state index is 12.7. The Morgan fingerprint density at radius 3 is 1.86 bits per heavy atom. The molecule has 13 heteroatoms. The standard InChI is InChI=1S/C45H76NO11P/c1-5-7-9-10-11-12-13-14-15-16-19-23-27-40(47)41(48)28-26-32-45(50)56-39(36-55-58(51,52)54-34-33-46)35-53-44(49)31-25-21-18-17-20-24-30-43-38(4)37(3)42(57-43)29-22-8-6-2/h7,9,11-12,14-15,19,23,39-41,47-48H,5-6,8,10,13,16-18,20-22,24-36,46H2,1-4H3,(H,51,52)/b9-7-,12-11-,15-14-,23-19-/t39-,40-,41-/m1/s1. The highest BCUT2D eigenvalue weighted by Crippen LogP contribution is 2.43. The predicted molar refractivity (Wildman–Crippen MR) is 230 cm³/mol. The van der Waals surface area contributed by atoms with Crippen molar-refractivity contribution in [2.45, 2.75) is 174 Å². The molecule has 0 radical (unpaired) electrons. The average Bonchev–Trinajstić information content (AvgIpc) is 3.47. The van der Waals surface area contributed by atoms with Gasteiger partial charge in [-0.25, -0.2) is 4.57 Å². The first kappa shape index (κ1) is 53.2. The number of ether oxygens (including phenoxy) is 2. The van der Waals surface area contributed by atoms with E-state index in [2.05, 4.69) is 58.1 Å². The number of rotatable bonds is 36. The van der Waals surface area contributed by atoms with Crippen LogP contribution in [-0.4, -0.2) is 71.7 Å². The maximum atomic E-state index is 12.7. The molecule has 1 rings (SSSR count). The van der Waals surface area contributed by atoms with E-state index in [-0.39, 0.29) is 51.9 Å². The Labute approximate surface area is 348 Å². The second-order valence-corrected chi connectivity index (χ2v) is 16.2. The van der Waals surface area contributed by atoms with Crippen LogP contribution in [0.2, 0.25) is 0 Å². The van der Waals surface area contributed by atoms with E-state index in [0.717, 1.165) is 88.6 Å². The molecule has 0 saturated carbocycles. The van der Waals surface area contributed by atoms with Gasteiger partial charge in [-0.05, 0) is 89.2 Å². The number of esters is 2. The number of phosphoric ester groups is 1. The van der Waals surface area contributed by atoms with Crippen molar-refractivity contribution in [1.29, 1.82) is 0 Å². The molecule has 332 valence electrons. The molecular weight excluding hydrogens is 761 g/mol. The van der Waals surface area contributed by atoms with Gasteiger partial charge in [0, 0.05) is 32.2 Å². The SMILES string of the molecule is CC/C=C\C/C=C\C/C=C\C/C=C\C[C@@H](O)[C@H](O)CCCC(=O)O[C@H](COC(=O)CCCCCCCCc1oc(CCCCC)c(C)c1C)COP(=O)(O)OCCN. The molecule has 1 unspecified atom stereocenters. The lowest BCUT2D eigenvalue weighted by molar-refractivity contribution is -0.161. The number of nitrogens with two attached hydrogens (primary N) is 1. The van der Waals surface area contributed by atoms with E-state index in [0.29, 0.717) is 6.42 Å². The third-order valence-electron chi connectivity index (χ3n) is 9.63. The topological polar surface area (TPSA) is 188 Å². The van der Waals surface area contributed by atoms with Crippen molar-refractivity contribution in [3.05, 3.63) is 71.3 Å². The zero-order valence-corrected chi connectivity index (χ0v) is 36.8. The second-order valence-electron chi connectivity index (χ2n) is 14.7. The number of aliphatic hydroxyl groups excluding tert-OH is 2. The molecule has 58 heavy (non-hydrogen) atoms. The third kappa shape index (κ3) is 27.0. The molecule has 1 aromatic heterocycles. The van der Waals surface area contributed by atoms with Gasteiger partial charge >= 0.3 is 19.8 Å². The molecule has 1 aromatic rings. The first-order valence-electron chi connectivity index (χ1n) is 21.6. The number of carbonyl (C=O) groups is 2. The number of hydrogen-bond donors (Lipinski definition) is 4. The number of unbranched alkanes of at least 4 members (excludes halogenated alkanes) is 7. The van der Waals surface area contributed by atoms with Gasteiger partial charge in [-0.2, -0.15) is 0 Å². The number of aryl methyl sites for hydroxylation is 2. The van der Waals surface area contributed by atoms with Crippen LogP contribution in [0.4, 0.5) is 0 Å². The lowest BCUT2D eigenvalue weighted by atomic mass is 10.0. The minimum absolute atomic E-state index is 0.00168. The number of furan rings is 1. The molecule has 0 aromatic carbocycles. The summed E-state index contributed by atoms with van der Waals surface area (Å²) in [5, 5.41) is 20.7. The van der Waals surface area contributed by atoms with Gasteiger partial charge in [0.25, 0.3) is 0 Å². The maximum Gasteiger partial charge on any atom is 0.472 e. The van der Waals surface area contributed by atoms with Crippen LogP contribution in [-0.2, 0) is 45.5 Å². The van der Waals surface area contributed by atoms with Crippen molar-refractivity contribution >= 4 is 19.8 Å². The summed E-state index contributed by atoms with van der Waals surface area (Å²) in [4.78, 5) is 35.1. The molecule has 0 aliphatic carbocycles. The highest BCUT2D eigenvalue weighted by atomic mass is 31.2. The van der Waals surface area contributed by atoms with Crippen molar-refractivity contribution in [1.82, 2.24) is 0 Å². The van der Waals surface area contributed by atoms with Gasteiger partial charge < -0.3 is 34.7 Å². The molecule has 5 N–H and O–H groups in total. The number of phosphoric acid groups is 1. The van der Waals surface area contributed by atoms with E-state index in [1.165, 1.54) is 24.0 Å². The Balaban J connectivity index is 2.40. The second kappa shape index (κ2) is 33.9. The Bertz CT molecular complexity index is 1400. The third-order valence-corrected chi connectivity index (χ3v) is 10.6. The van der Waals surface area contributed by atoms with Crippen molar-refractivity contribution in [2.75, 3.05) is 26.4 Å². The Hall–Kier alpha value is -2.83. The van der Waals surface area contributed by atoms with E-state index in [1.54, 1.807) is 0 Å². The van der Waals surface area contributed by atoms with Crippen LogP contribution in [0.1, 0.15) is 152 Å². The molecule has 0 bridgehead atoms. The summed E-state index contributed by atoms with van der Waals surface area (Å²) in [7, 11) is -4.48. The molecular formula is C45H76NO11P. The van der Waals surface area contributed by atoms with Gasteiger partial charge in [0.1, 0.15) is 18.1 Å². The fourth-order valence-corrected chi connectivity index (χ4v) is 6.78. The lowest BCUT2D eigenvalue weighted by Gasteiger charge is -2.20. The molecule has 0 spiro atoms. The van der Waals surface area contributed by atoms with Crippen LogP contribution in [0.5, 0.6) is 0 Å². The highest BCUT2D eigenvalue weighted by Gasteiger charge is 2.26. The fourth-order valence-electron chi connectivity index (χ4n) is 6.02. The van der Waals surface area contributed by atoms with Gasteiger partial charge in [-0.1, -0.05) is 101 Å². The first-order chi connectivity index (χ1) is 27.9. The molecule has 0 aliphatic rings. The molecule has 0 aliphatic heterocycles.